The Hall–Kier alpha value is -2.98. The van der Waals surface area contributed by atoms with Crippen molar-refractivity contribution in [2.45, 2.75) is 44.1 Å². The number of rotatable bonds is 4. The van der Waals surface area contributed by atoms with E-state index in [4.69, 9.17) is 10.2 Å². The molecule has 0 saturated carbocycles. The first kappa shape index (κ1) is 20.3. The monoisotopic (exact) mass is 423 g/mol. The molecule has 1 aromatic carbocycles. The number of nitrogens with two attached hydrogens (primary N) is 1. The summed E-state index contributed by atoms with van der Waals surface area (Å²) in [4.78, 5) is 14.7. The molecule has 1 aliphatic heterocycles. The average Bonchev–Trinajstić information content (AvgIpc) is 3.08. The molecule has 0 radical (unpaired) electrons. The van der Waals surface area contributed by atoms with Gasteiger partial charge >= 0.3 is 0 Å². The highest BCUT2D eigenvalue weighted by Crippen LogP contribution is 2.49. The third-order valence-corrected chi connectivity index (χ3v) is 6.31. The number of benzene rings is 1. The fourth-order valence-corrected chi connectivity index (χ4v) is 5.06. The highest BCUT2D eigenvalue weighted by molar-refractivity contribution is 7.99. The maximum atomic E-state index is 14.7. The molecule has 0 bridgehead atoms. The molecule has 4 rings (SSSR count). The lowest BCUT2D eigenvalue weighted by atomic mass is 9.76. The van der Waals surface area contributed by atoms with Gasteiger partial charge in [-0.1, -0.05) is 30.8 Å². The normalized spacial score (nSPS) is 19.2. The number of halogens is 1. The lowest BCUT2D eigenvalue weighted by molar-refractivity contribution is -0.116. The van der Waals surface area contributed by atoms with E-state index in [-0.39, 0.29) is 22.9 Å². The molecule has 30 heavy (non-hydrogen) atoms. The Labute approximate surface area is 179 Å². The van der Waals surface area contributed by atoms with E-state index in [1.54, 1.807) is 23.1 Å². The van der Waals surface area contributed by atoms with Crippen LogP contribution in [0.5, 0.6) is 0 Å². The van der Waals surface area contributed by atoms with Gasteiger partial charge in [-0.25, -0.2) is 4.39 Å². The average molecular weight is 424 g/mol. The van der Waals surface area contributed by atoms with Gasteiger partial charge in [0.1, 0.15) is 17.4 Å². The minimum absolute atomic E-state index is 0.0332. The Kier molecular flexibility index (Phi) is 5.44. The van der Waals surface area contributed by atoms with Crippen molar-refractivity contribution in [2.75, 3.05) is 10.7 Å². The molecule has 1 atom stereocenters. The van der Waals surface area contributed by atoms with Gasteiger partial charge in [-0.3, -0.25) is 9.69 Å². The number of carbonyl (C=O) groups is 1. The highest BCUT2D eigenvalue weighted by Gasteiger charge is 2.42. The number of nitrogens with zero attached hydrogens (tertiary/aromatic N) is 2. The van der Waals surface area contributed by atoms with Gasteiger partial charge in [-0.2, -0.15) is 5.26 Å². The minimum atomic E-state index is -0.604. The lowest BCUT2D eigenvalue weighted by Crippen LogP contribution is -2.39. The van der Waals surface area contributed by atoms with Crippen LogP contribution in [0.3, 0.4) is 0 Å². The molecule has 154 valence electrons. The second kappa shape index (κ2) is 8.04. The van der Waals surface area contributed by atoms with Crippen molar-refractivity contribution in [3.05, 3.63) is 70.1 Å². The van der Waals surface area contributed by atoms with Crippen LogP contribution in [0.15, 0.2) is 62.5 Å². The standard InChI is InChI=1S/C23H22FN3O2S/c1-3-30-23-14(11-13(2)29-23)20-15(12-25)22(26)27(17-8-5-4-7-16(17)24)18-9-6-10-19(28)21(18)20/h4-5,7-8,11,20H,3,6,9-10,26H2,1-2H3. The van der Waals surface area contributed by atoms with E-state index in [1.165, 1.54) is 17.8 Å². The van der Waals surface area contributed by atoms with Crippen LogP contribution in [-0.2, 0) is 4.79 Å². The number of Topliss-reactive ketones (excluding diaryl/α,β-unsaturated/α-hetero) is 1. The Morgan fingerprint density at radius 3 is 2.83 bits per heavy atom. The maximum Gasteiger partial charge on any atom is 0.164 e. The summed E-state index contributed by atoms with van der Waals surface area (Å²) in [5, 5.41) is 10.7. The summed E-state index contributed by atoms with van der Waals surface area (Å²) < 4.78 is 20.6. The Morgan fingerprint density at radius 1 is 1.37 bits per heavy atom. The fourth-order valence-electron chi connectivity index (χ4n) is 4.26. The highest BCUT2D eigenvalue weighted by atomic mass is 32.2. The SMILES string of the molecule is CCSc1oc(C)cc1C1C(C#N)=C(N)N(c2ccccc2F)C2=C1C(=O)CCC2. The molecule has 5 nitrogen and oxygen atoms in total. The van der Waals surface area contributed by atoms with E-state index >= 15 is 0 Å². The number of hydrogen-bond donors (Lipinski definition) is 1. The first-order chi connectivity index (χ1) is 14.5. The van der Waals surface area contributed by atoms with Gasteiger partial charge in [-0.05, 0) is 43.7 Å². The number of hydrogen-bond acceptors (Lipinski definition) is 6. The summed E-state index contributed by atoms with van der Waals surface area (Å²) in [5.41, 5.74) is 8.93. The van der Waals surface area contributed by atoms with Gasteiger partial charge < -0.3 is 10.2 Å². The van der Waals surface area contributed by atoms with Crippen molar-refractivity contribution >= 4 is 23.2 Å². The lowest BCUT2D eigenvalue weighted by Gasteiger charge is -2.39. The van der Waals surface area contributed by atoms with E-state index in [9.17, 15) is 14.4 Å². The second-order valence-electron chi connectivity index (χ2n) is 7.30. The van der Waals surface area contributed by atoms with Crippen LogP contribution in [0.4, 0.5) is 10.1 Å². The van der Waals surface area contributed by atoms with E-state index in [0.29, 0.717) is 41.4 Å². The van der Waals surface area contributed by atoms with E-state index in [1.807, 2.05) is 19.9 Å². The van der Waals surface area contributed by atoms with Crippen LogP contribution in [0.2, 0.25) is 0 Å². The minimum Gasteiger partial charge on any atom is -0.455 e. The third kappa shape index (κ3) is 3.21. The summed E-state index contributed by atoms with van der Waals surface area (Å²) in [6.07, 6.45) is 1.63. The van der Waals surface area contributed by atoms with Crippen LogP contribution < -0.4 is 10.6 Å². The molecule has 1 aliphatic carbocycles. The molecule has 0 spiro atoms. The fraction of sp³-hybridized carbons (Fsp3) is 0.304. The van der Waals surface area contributed by atoms with Crippen molar-refractivity contribution in [3.8, 4) is 6.07 Å². The number of nitriles is 1. The largest absolute Gasteiger partial charge is 0.455 e. The van der Waals surface area contributed by atoms with Gasteiger partial charge in [0.05, 0.1) is 23.2 Å². The molecule has 7 heteroatoms. The second-order valence-corrected chi connectivity index (χ2v) is 8.54. The molecular formula is C23H22FN3O2S. The van der Waals surface area contributed by atoms with Crippen LogP contribution in [0.1, 0.15) is 43.4 Å². The molecule has 0 saturated heterocycles. The molecule has 0 amide bonds. The molecule has 1 unspecified atom stereocenters. The van der Waals surface area contributed by atoms with Crippen molar-refractivity contribution < 1.29 is 13.6 Å². The summed E-state index contributed by atoms with van der Waals surface area (Å²) in [7, 11) is 0. The van der Waals surface area contributed by atoms with Gasteiger partial charge in [-0.15, -0.1) is 0 Å². The number of thioether (sulfide) groups is 1. The van der Waals surface area contributed by atoms with Crippen LogP contribution in [0.25, 0.3) is 0 Å². The topological polar surface area (TPSA) is 83.3 Å². The Morgan fingerprint density at radius 2 is 2.13 bits per heavy atom. The molecule has 1 aromatic heterocycles. The zero-order valence-corrected chi connectivity index (χ0v) is 17.7. The summed E-state index contributed by atoms with van der Waals surface area (Å²) >= 11 is 1.52. The number of para-hydroxylation sites is 1. The quantitative estimate of drug-likeness (QED) is 0.685. The third-order valence-electron chi connectivity index (χ3n) is 5.44. The van der Waals surface area contributed by atoms with E-state index in [2.05, 4.69) is 6.07 Å². The van der Waals surface area contributed by atoms with Gasteiger partial charge in [0, 0.05) is 23.3 Å². The van der Waals surface area contributed by atoms with Crippen LogP contribution in [0, 0.1) is 24.1 Å². The van der Waals surface area contributed by atoms with Crippen LogP contribution >= 0.6 is 11.8 Å². The first-order valence-electron chi connectivity index (χ1n) is 9.91. The number of aryl methyl sites for hydroxylation is 1. The molecule has 2 N–H and O–H groups in total. The number of ketones is 1. The zero-order chi connectivity index (χ0) is 21.4. The maximum absolute atomic E-state index is 14.7. The zero-order valence-electron chi connectivity index (χ0n) is 16.9. The molecular weight excluding hydrogens is 401 g/mol. The predicted octanol–water partition coefficient (Wildman–Crippen LogP) is 5.14. The first-order valence-corrected chi connectivity index (χ1v) is 10.9. The number of allylic oxidation sites excluding steroid dienone is 3. The van der Waals surface area contributed by atoms with Gasteiger partial charge in [0.2, 0.25) is 0 Å². The molecule has 2 aromatic rings. The predicted molar refractivity (Wildman–Crippen MR) is 114 cm³/mol. The Bertz CT molecular complexity index is 1130. The van der Waals surface area contributed by atoms with Crippen molar-refractivity contribution in [1.29, 1.82) is 5.26 Å². The summed E-state index contributed by atoms with van der Waals surface area (Å²) in [6, 6.07) is 10.4. The van der Waals surface area contributed by atoms with Crippen molar-refractivity contribution in [3.63, 3.8) is 0 Å². The number of anilines is 1. The smallest absolute Gasteiger partial charge is 0.164 e. The molecule has 2 aliphatic rings. The number of furan rings is 1. The summed E-state index contributed by atoms with van der Waals surface area (Å²) in [5.74, 6) is 0.560. The van der Waals surface area contributed by atoms with E-state index < -0.39 is 11.7 Å². The number of carbonyl (C=O) groups excluding carboxylic acids is 1. The Balaban J connectivity index is 1.99. The van der Waals surface area contributed by atoms with Crippen molar-refractivity contribution in [2.24, 2.45) is 5.73 Å². The van der Waals surface area contributed by atoms with Crippen molar-refractivity contribution in [1.82, 2.24) is 0 Å². The van der Waals surface area contributed by atoms with E-state index in [0.717, 1.165) is 11.3 Å². The van der Waals surface area contributed by atoms with Crippen LogP contribution in [-0.4, -0.2) is 11.5 Å². The molecule has 0 fully saturated rings. The van der Waals surface area contributed by atoms with Gasteiger partial charge in [0.25, 0.3) is 0 Å². The molecule has 2 heterocycles. The van der Waals surface area contributed by atoms with Gasteiger partial charge in [0.15, 0.2) is 10.9 Å². The summed E-state index contributed by atoms with van der Waals surface area (Å²) in [6.45, 7) is 3.85.